The van der Waals surface area contributed by atoms with Crippen molar-refractivity contribution in [2.24, 2.45) is 0 Å². The molecule has 1 amide bonds. The molecule has 1 aromatic heterocycles. The fourth-order valence-electron chi connectivity index (χ4n) is 2.61. The molecule has 20 heavy (non-hydrogen) atoms. The summed E-state index contributed by atoms with van der Waals surface area (Å²) in [6, 6.07) is 4.24. The van der Waals surface area contributed by atoms with Crippen LogP contribution in [0.1, 0.15) is 30.0 Å². The molecule has 1 saturated heterocycles. The molecule has 0 unspecified atom stereocenters. The number of amides is 1. The number of hydrogen-bond donors (Lipinski definition) is 0. The lowest BCUT2D eigenvalue weighted by Gasteiger charge is -2.30. The van der Waals surface area contributed by atoms with Gasteiger partial charge in [0.1, 0.15) is 0 Å². The Morgan fingerprint density at radius 3 is 2.80 bits per heavy atom. The molecule has 1 aliphatic rings. The minimum atomic E-state index is 0.242. The Bertz CT molecular complexity index is 490. The fraction of sp³-hybridized carbons (Fsp3) is 0.600. The molecule has 1 fully saturated rings. The number of thioether (sulfide) groups is 1. The third-order valence-electron chi connectivity index (χ3n) is 3.76. The minimum Gasteiger partial charge on any atom is -0.346 e. The monoisotopic (exact) mass is 293 g/mol. The Labute approximate surface area is 125 Å². The van der Waals surface area contributed by atoms with Crippen LogP contribution in [0.2, 0.25) is 0 Å². The number of likely N-dealkylation sites (tertiary alicyclic amines) is 1. The van der Waals surface area contributed by atoms with E-state index in [0.717, 1.165) is 30.2 Å². The molecule has 0 aliphatic carbocycles. The van der Waals surface area contributed by atoms with Gasteiger partial charge >= 0.3 is 0 Å². The van der Waals surface area contributed by atoms with E-state index in [2.05, 4.69) is 31.1 Å². The van der Waals surface area contributed by atoms with Gasteiger partial charge in [-0.1, -0.05) is 6.07 Å². The van der Waals surface area contributed by atoms with Gasteiger partial charge in [0.25, 0.3) is 0 Å². The maximum Gasteiger partial charge on any atom is 0.222 e. The van der Waals surface area contributed by atoms with Gasteiger partial charge in [-0.05, 0) is 44.3 Å². The molecule has 4 nitrogen and oxygen atoms in total. The first-order chi connectivity index (χ1) is 9.51. The van der Waals surface area contributed by atoms with Crippen LogP contribution in [-0.2, 0) is 11.3 Å². The highest BCUT2D eigenvalue weighted by atomic mass is 32.2. The number of pyridine rings is 1. The van der Waals surface area contributed by atoms with Crippen LogP contribution in [0.4, 0.5) is 0 Å². The molecule has 1 aromatic rings. The van der Waals surface area contributed by atoms with E-state index in [4.69, 9.17) is 4.98 Å². The molecule has 1 aliphatic heterocycles. The number of carbonyl (C=O) groups is 1. The first-order valence-corrected chi connectivity index (χ1v) is 8.16. The Hall–Kier alpha value is -1.07. The Kier molecular flexibility index (Phi) is 5.05. The highest BCUT2D eigenvalue weighted by molar-refractivity contribution is 7.98. The van der Waals surface area contributed by atoms with Gasteiger partial charge in [-0.3, -0.25) is 4.79 Å². The first-order valence-electron chi connectivity index (χ1n) is 6.93. The number of nitrogens with zero attached hydrogens (tertiary/aromatic N) is 3. The topological polar surface area (TPSA) is 36.4 Å². The van der Waals surface area contributed by atoms with Gasteiger partial charge in [0.15, 0.2) is 0 Å². The molecule has 0 N–H and O–H groups in total. The summed E-state index contributed by atoms with van der Waals surface area (Å²) in [5, 5.41) is 1.05. The summed E-state index contributed by atoms with van der Waals surface area (Å²) in [5.74, 6) is 0.558. The van der Waals surface area contributed by atoms with Crippen LogP contribution in [0.15, 0.2) is 17.2 Å². The smallest absolute Gasteiger partial charge is 0.222 e. The second-order valence-corrected chi connectivity index (χ2v) is 6.46. The highest BCUT2D eigenvalue weighted by Gasteiger charge is 2.26. The van der Waals surface area contributed by atoms with Crippen LogP contribution < -0.4 is 0 Å². The molecule has 1 atom stereocenters. The van der Waals surface area contributed by atoms with Crippen molar-refractivity contribution in [3.05, 3.63) is 23.4 Å². The van der Waals surface area contributed by atoms with E-state index >= 15 is 0 Å². The van der Waals surface area contributed by atoms with E-state index in [1.165, 1.54) is 5.56 Å². The molecule has 0 aromatic carbocycles. The van der Waals surface area contributed by atoms with Crippen molar-refractivity contribution < 1.29 is 4.79 Å². The molecule has 0 radical (unpaired) electrons. The Morgan fingerprint density at radius 2 is 2.20 bits per heavy atom. The zero-order valence-electron chi connectivity index (χ0n) is 12.7. The van der Waals surface area contributed by atoms with Gasteiger partial charge in [-0.2, -0.15) is 0 Å². The van der Waals surface area contributed by atoms with Gasteiger partial charge in [0, 0.05) is 26.6 Å². The molecule has 0 spiro atoms. The predicted octanol–water partition coefficient (Wildman–Crippen LogP) is 2.20. The maximum atomic E-state index is 11.9. The van der Waals surface area contributed by atoms with Gasteiger partial charge in [0.2, 0.25) is 5.91 Å². The van der Waals surface area contributed by atoms with Gasteiger partial charge < -0.3 is 9.80 Å². The molecule has 5 heteroatoms. The molecule has 2 rings (SSSR count). The summed E-state index contributed by atoms with van der Waals surface area (Å²) in [5.41, 5.74) is 2.36. The normalized spacial score (nSPS) is 19.8. The average molecular weight is 293 g/mol. The number of hydrogen-bond acceptors (Lipinski definition) is 4. The van der Waals surface area contributed by atoms with Crippen molar-refractivity contribution in [3.8, 4) is 0 Å². The van der Waals surface area contributed by atoms with E-state index in [9.17, 15) is 4.79 Å². The zero-order chi connectivity index (χ0) is 14.7. The maximum absolute atomic E-state index is 11.9. The van der Waals surface area contributed by atoms with Crippen LogP contribution in [0, 0.1) is 0 Å². The van der Waals surface area contributed by atoms with Crippen LogP contribution in [0.25, 0.3) is 0 Å². The van der Waals surface area contributed by atoms with Gasteiger partial charge in [-0.15, -0.1) is 11.8 Å². The lowest BCUT2D eigenvalue weighted by atomic mass is 9.88. The van der Waals surface area contributed by atoms with Crippen LogP contribution in [-0.4, -0.2) is 54.6 Å². The zero-order valence-corrected chi connectivity index (χ0v) is 13.5. The second kappa shape index (κ2) is 6.59. The molecule has 110 valence electrons. The lowest BCUT2D eigenvalue weighted by Crippen LogP contribution is -2.35. The van der Waals surface area contributed by atoms with Crippen LogP contribution >= 0.6 is 11.8 Å². The largest absolute Gasteiger partial charge is 0.346 e. The van der Waals surface area contributed by atoms with Crippen LogP contribution in [0.3, 0.4) is 0 Å². The third kappa shape index (κ3) is 3.52. The van der Waals surface area contributed by atoms with Crippen LogP contribution in [0.5, 0.6) is 0 Å². The first kappa shape index (κ1) is 15.3. The fourth-order valence-corrected chi connectivity index (χ4v) is 3.02. The Morgan fingerprint density at radius 1 is 1.45 bits per heavy atom. The molecule has 0 bridgehead atoms. The van der Waals surface area contributed by atoms with Crippen molar-refractivity contribution in [2.45, 2.75) is 30.3 Å². The van der Waals surface area contributed by atoms with Crippen molar-refractivity contribution in [3.63, 3.8) is 0 Å². The van der Waals surface area contributed by atoms with Crippen molar-refractivity contribution >= 4 is 17.7 Å². The summed E-state index contributed by atoms with van der Waals surface area (Å²) in [7, 11) is 5.99. The third-order valence-corrected chi connectivity index (χ3v) is 4.40. The number of rotatable bonds is 4. The van der Waals surface area contributed by atoms with Crippen molar-refractivity contribution in [2.75, 3.05) is 33.9 Å². The minimum absolute atomic E-state index is 0.242. The second-order valence-electron chi connectivity index (χ2n) is 5.63. The lowest BCUT2D eigenvalue weighted by molar-refractivity contribution is -0.132. The van der Waals surface area contributed by atoms with E-state index < -0.39 is 0 Å². The molecular weight excluding hydrogens is 270 g/mol. The average Bonchev–Trinajstić information content (AvgIpc) is 2.41. The molecule has 2 heterocycles. The number of aromatic nitrogens is 1. The van der Waals surface area contributed by atoms with Crippen molar-refractivity contribution in [1.82, 2.24) is 14.8 Å². The van der Waals surface area contributed by atoms with E-state index in [1.807, 2.05) is 18.2 Å². The number of piperidine rings is 1. The SMILES string of the molecule is CSc1ccc([C@H]2CCN(C)C(=O)C2)c(CN(C)C)n1. The Balaban J connectivity index is 2.27. The quantitative estimate of drug-likeness (QED) is 0.798. The molecule has 0 saturated carbocycles. The van der Waals surface area contributed by atoms with Crippen molar-refractivity contribution in [1.29, 1.82) is 0 Å². The van der Waals surface area contributed by atoms with Gasteiger partial charge in [-0.25, -0.2) is 4.98 Å². The standard InChI is InChI=1S/C15H23N3OS/c1-17(2)10-13-12(5-6-14(16-13)20-4)11-7-8-18(3)15(19)9-11/h5-6,11H,7-10H2,1-4H3/t11-/m0/s1. The summed E-state index contributed by atoms with van der Waals surface area (Å²) < 4.78 is 0. The van der Waals surface area contributed by atoms with E-state index in [0.29, 0.717) is 12.3 Å². The predicted molar refractivity (Wildman–Crippen MR) is 83.0 cm³/mol. The molecular formula is C15H23N3OS. The van der Waals surface area contributed by atoms with Gasteiger partial charge in [0.05, 0.1) is 10.7 Å². The summed E-state index contributed by atoms with van der Waals surface area (Å²) in [6.45, 7) is 1.67. The van der Waals surface area contributed by atoms with E-state index in [-0.39, 0.29) is 5.91 Å². The summed E-state index contributed by atoms with van der Waals surface area (Å²) in [6.07, 6.45) is 3.68. The summed E-state index contributed by atoms with van der Waals surface area (Å²) in [4.78, 5) is 20.6. The highest BCUT2D eigenvalue weighted by Crippen LogP contribution is 2.31. The van der Waals surface area contributed by atoms with E-state index in [1.54, 1.807) is 11.8 Å². The number of carbonyl (C=O) groups excluding carboxylic acids is 1. The summed E-state index contributed by atoms with van der Waals surface area (Å²) >= 11 is 1.66.